The molecule has 0 aliphatic carbocycles. The van der Waals surface area contributed by atoms with Gasteiger partial charge >= 0.3 is 0 Å². The minimum absolute atomic E-state index is 0.0127. The van der Waals surface area contributed by atoms with Gasteiger partial charge in [0.15, 0.2) is 5.78 Å². The molecule has 2 aliphatic rings. The van der Waals surface area contributed by atoms with Crippen molar-refractivity contribution < 1.29 is 22.7 Å². The topological polar surface area (TPSA) is 80.8 Å². The van der Waals surface area contributed by atoms with Gasteiger partial charge in [-0.3, -0.25) is 9.59 Å². The number of benzene rings is 2. The van der Waals surface area contributed by atoms with Gasteiger partial charge in [0.25, 0.3) is 0 Å². The van der Waals surface area contributed by atoms with Crippen LogP contribution in [0.5, 0.6) is 5.75 Å². The van der Waals surface area contributed by atoms with Crippen molar-refractivity contribution in [2.75, 3.05) is 13.7 Å². The zero-order chi connectivity index (χ0) is 21.8. The second-order valence-electron chi connectivity index (χ2n) is 7.60. The van der Waals surface area contributed by atoms with Gasteiger partial charge in [-0.25, -0.2) is 8.42 Å². The molecule has 0 radical (unpaired) electrons. The summed E-state index contributed by atoms with van der Waals surface area (Å²) in [5, 5.41) is 0.879. The Morgan fingerprint density at radius 1 is 1.13 bits per heavy atom. The highest BCUT2D eigenvalue weighted by molar-refractivity contribution is 7.93. The lowest BCUT2D eigenvalue weighted by molar-refractivity contribution is -0.150. The lowest BCUT2D eigenvalue weighted by Gasteiger charge is -2.44. The predicted molar refractivity (Wildman–Crippen MR) is 113 cm³/mol. The Labute approximate surface area is 184 Å². The average molecular weight is 468 g/mol. The van der Waals surface area contributed by atoms with Crippen LogP contribution in [-0.2, 0) is 25.8 Å². The molecule has 2 unspecified atom stereocenters. The van der Waals surface area contributed by atoms with Crippen molar-refractivity contribution in [1.82, 2.24) is 4.90 Å². The number of hydrogen-bond donors (Lipinski definition) is 0. The van der Waals surface area contributed by atoms with Crippen LogP contribution in [0.2, 0.25) is 10.0 Å². The number of carbonyl (C=O) groups excluding carboxylic acids is 2. The Hall–Kier alpha value is -2.09. The maximum atomic E-state index is 13.6. The third-order valence-electron chi connectivity index (χ3n) is 5.87. The molecule has 2 aliphatic heterocycles. The summed E-state index contributed by atoms with van der Waals surface area (Å²) in [5.74, 6) is -0.943. The molecule has 2 atom stereocenters. The van der Waals surface area contributed by atoms with Crippen LogP contribution in [0.1, 0.15) is 17.5 Å². The standard InChI is InChI=1S/C21H19Cl2NO5S/c1-12-7-15(22)4-6-18(12)30(27,28)21-10-19(25)24(21)11-14(20(21)26)8-13-9-16(23)3-5-17(13)29-2/h3-7,9,14H,8,10-11H2,1-2H3. The Balaban J connectivity index is 1.74. The van der Waals surface area contributed by atoms with Crippen molar-refractivity contribution in [3.8, 4) is 5.75 Å². The average Bonchev–Trinajstić information content (AvgIpc) is 2.90. The number of sulfone groups is 1. The first-order valence-corrected chi connectivity index (χ1v) is 11.5. The number of β-lactam (4-membered cyclic amide) rings is 1. The van der Waals surface area contributed by atoms with Gasteiger partial charge in [-0.1, -0.05) is 23.2 Å². The molecule has 2 fully saturated rings. The smallest absolute Gasteiger partial charge is 0.228 e. The summed E-state index contributed by atoms with van der Waals surface area (Å²) < 4.78 is 32.5. The first-order valence-electron chi connectivity index (χ1n) is 9.30. The number of fused-ring (bicyclic) bond motifs is 1. The van der Waals surface area contributed by atoms with Crippen LogP contribution in [0.25, 0.3) is 0 Å². The highest BCUT2D eigenvalue weighted by Crippen LogP contribution is 2.49. The number of Topliss-reactive ketones (excluding diaryl/α,β-unsaturated/α-hetero) is 1. The summed E-state index contributed by atoms with van der Waals surface area (Å²) in [6, 6.07) is 9.45. The molecule has 1 amide bonds. The zero-order valence-electron chi connectivity index (χ0n) is 16.3. The van der Waals surface area contributed by atoms with Gasteiger partial charge in [0.05, 0.1) is 18.4 Å². The summed E-state index contributed by atoms with van der Waals surface area (Å²) in [7, 11) is -2.63. The van der Waals surface area contributed by atoms with E-state index in [9.17, 15) is 18.0 Å². The van der Waals surface area contributed by atoms with Crippen LogP contribution in [-0.4, -0.2) is 43.5 Å². The number of rotatable bonds is 5. The number of nitrogens with zero attached hydrogens (tertiary/aromatic N) is 1. The fourth-order valence-corrected chi connectivity index (χ4v) is 7.12. The van der Waals surface area contributed by atoms with Gasteiger partial charge in [0, 0.05) is 22.5 Å². The van der Waals surface area contributed by atoms with Crippen LogP contribution >= 0.6 is 23.2 Å². The van der Waals surface area contributed by atoms with E-state index in [1.54, 1.807) is 25.1 Å². The number of carbonyl (C=O) groups is 2. The first kappa shape index (κ1) is 21.2. The van der Waals surface area contributed by atoms with Crippen molar-refractivity contribution in [2.24, 2.45) is 5.92 Å². The third kappa shape index (κ3) is 2.94. The normalized spacial score (nSPS) is 23.3. The summed E-state index contributed by atoms with van der Waals surface area (Å²) >= 11 is 12.0. The zero-order valence-corrected chi connectivity index (χ0v) is 18.6. The molecule has 0 spiro atoms. The van der Waals surface area contributed by atoms with Gasteiger partial charge in [-0.15, -0.1) is 0 Å². The van der Waals surface area contributed by atoms with Gasteiger partial charge < -0.3 is 9.64 Å². The van der Waals surface area contributed by atoms with E-state index in [1.807, 2.05) is 0 Å². The van der Waals surface area contributed by atoms with E-state index in [0.29, 0.717) is 26.9 Å². The minimum atomic E-state index is -4.14. The third-order valence-corrected chi connectivity index (χ3v) is 8.83. The van der Waals surface area contributed by atoms with Crippen molar-refractivity contribution in [2.45, 2.75) is 29.5 Å². The van der Waals surface area contributed by atoms with Gasteiger partial charge in [0.2, 0.25) is 20.6 Å². The molecular formula is C21H19Cl2NO5S. The fourth-order valence-electron chi connectivity index (χ4n) is 4.40. The molecular weight excluding hydrogens is 449 g/mol. The van der Waals surface area contributed by atoms with Crippen LogP contribution in [0.4, 0.5) is 0 Å². The largest absolute Gasteiger partial charge is 0.496 e. The summed E-state index contributed by atoms with van der Waals surface area (Å²) in [6.07, 6.45) is -0.122. The van der Waals surface area contributed by atoms with Crippen molar-refractivity contribution >= 4 is 44.7 Å². The highest BCUT2D eigenvalue weighted by atomic mass is 35.5. The van der Waals surface area contributed by atoms with Crippen molar-refractivity contribution in [3.63, 3.8) is 0 Å². The predicted octanol–water partition coefficient (Wildman–Crippen LogP) is 3.45. The van der Waals surface area contributed by atoms with E-state index in [0.717, 1.165) is 0 Å². The van der Waals surface area contributed by atoms with Gasteiger partial charge in [-0.05, 0) is 60.9 Å². The molecule has 6 nitrogen and oxygen atoms in total. The minimum Gasteiger partial charge on any atom is -0.496 e. The lowest BCUT2D eigenvalue weighted by atomic mass is 9.92. The van der Waals surface area contributed by atoms with Crippen LogP contribution in [0, 0.1) is 12.8 Å². The quantitative estimate of drug-likeness (QED) is 0.628. The number of halogens is 2. The Morgan fingerprint density at radius 3 is 2.43 bits per heavy atom. The van der Waals surface area contributed by atoms with E-state index < -0.39 is 26.4 Å². The maximum Gasteiger partial charge on any atom is 0.228 e. The number of ether oxygens (including phenoxy) is 1. The molecule has 9 heteroatoms. The SMILES string of the molecule is COc1ccc(Cl)cc1CC1CN2C(=O)CC2(S(=O)(=O)c2ccc(Cl)cc2C)C1=O. The van der Waals surface area contributed by atoms with Crippen molar-refractivity contribution in [3.05, 3.63) is 57.6 Å². The molecule has 0 bridgehead atoms. The molecule has 4 rings (SSSR count). The van der Waals surface area contributed by atoms with Gasteiger partial charge in [-0.2, -0.15) is 0 Å². The van der Waals surface area contributed by atoms with Crippen LogP contribution in [0.3, 0.4) is 0 Å². The molecule has 2 aromatic carbocycles. The summed E-state index contributed by atoms with van der Waals surface area (Å²) in [5.41, 5.74) is 1.12. The Morgan fingerprint density at radius 2 is 1.80 bits per heavy atom. The monoisotopic (exact) mass is 467 g/mol. The van der Waals surface area contributed by atoms with Gasteiger partial charge in [0.1, 0.15) is 5.75 Å². The second kappa shape index (κ2) is 7.25. The molecule has 30 heavy (non-hydrogen) atoms. The van der Waals surface area contributed by atoms with E-state index >= 15 is 0 Å². The molecule has 0 aromatic heterocycles. The maximum absolute atomic E-state index is 13.6. The number of aryl methyl sites for hydroxylation is 1. The molecule has 2 aromatic rings. The number of ketones is 1. The molecule has 158 valence electrons. The molecule has 0 N–H and O–H groups in total. The van der Waals surface area contributed by atoms with E-state index in [1.165, 1.54) is 30.2 Å². The van der Waals surface area contributed by atoms with Crippen molar-refractivity contribution in [1.29, 1.82) is 0 Å². The Kier molecular flexibility index (Phi) is 5.11. The number of methoxy groups -OCH3 is 1. The molecule has 2 saturated heterocycles. The first-order chi connectivity index (χ1) is 14.1. The second-order valence-corrected chi connectivity index (χ2v) is 10.6. The van der Waals surface area contributed by atoms with E-state index in [-0.39, 0.29) is 30.2 Å². The number of hydrogen-bond acceptors (Lipinski definition) is 5. The summed E-state index contributed by atoms with van der Waals surface area (Å²) in [4.78, 5) is 25.1. The number of amides is 1. The lowest BCUT2D eigenvalue weighted by Crippen LogP contribution is -2.67. The van der Waals surface area contributed by atoms with E-state index in [2.05, 4.69) is 0 Å². The summed E-state index contributed by atoms with van der Waals surface area (Å²) in [6.45, 7) is 1.66. The van der Waals surface area contributed by atoms with E-state index in [4.69, 9.17) is 27.9 Å². The highest BCUT2D eigenvalue weighted by Gasteiger charge is 2.70. The van der Waals surface area contributed by atoms with Crippen LogP contribution in [0.15, 0.2) is 41.3 Å². The molecule has 0 saturated carbocycles. The Bertz CT molecular complexity index is 1180. The molecule has 2 heterocycles. The fraction of sp³-hybridized carbons (Fsp3) is 0.333. The van der Waals surface area contributed by atoms with Crippen LogP contribution < -0.4 is 4.74 Å².